The number of nitrogens with zero attached hydrogens (tertiary/aromatic N) is 2. The first kappa shape index (κ1) is 13.3. The molecule has 1 aliphatic rings. The number of rotatable bonds is 5. The Labute approximate surface area is 99.0 Å². The second kappa shape index (κ2) is 5.02. The SMILES string of the molecule is BCCN(/C(C)=C(/C)N=C)C1CC(C)(F)C1. The number of aliphatic imine (C=N–C) groups is 1. The summed E-state index contributed by atoms with van der Waals surface area (Å²) in [5.41, 5.74) is 1.12. The van der Waals surface area contributed by atoms with Gasteiger partial charge in [0.1, 0.15) is 13.5 Å². The van der Waals surface area contributed by atoms with Gasteiger partial charge < -0.3 is 4.90 Å². The Morgan fingerprint density at radius 1 is 1.56 bits per heavy atom. The molecule has 1 aliphatic carbocycles. The molecular weight excluding hydrogens is 202 g/mol. The fourth-order valence-corrected chi connectivity index (χ4v) is 2.33. The van der Waals surface area contributed by atoms with Gasteiger partial charge in [-0.25, -0.2) is 4.39 Å². The van der Waals surface area contributed by atoms with Crippen LogP contribution in [0.25, 0.3) is 0 Å². The summed E-state index contributed by atoms with van der Waals surface area (Å²) in [6.45, 7) is 10.2. The fourth-order valence-electron chi connectivity index (χ4n) is 2.33. The van der Waals surface area contributed by atoms with Crippen molar-refractivity contribution in [2.24, 2.45) is 4.99 Å². The van der Waals surface area contributed by atoms with E-state index in [0.717, 1.165) is 24.3 Å². The summed E-state index contributed by atoms with van der Waals surface area (Å²) in [5, 5.41) is 0. The molecule has 0 amide bonds. The Balaban J connectivity index is 2.73. The predicted molar refractivity (Wildman–Crippen MR) is 70.5 cm³/mol. The smallest absolute Gasteiger partial charge is 0.112 e. The molecule has 0 heterocycles. The van der Waals surface area contributed by atoms with Gasteiger partial charge in [0.05, 0.1) is 5.70 Å². The second-order valence-corrected chi connectivity index (χ2v) is 5.00. The first-order valence-corrected chi connectivity index (χ1v) is 6.01. The van der Waals surface area contributed by atoms with Crippen LogP contribution < -0.4 is 0 Å². The Hall–Kier alpha value is -0.795. The van der Waals surface area contributed by atoms with Crippen molar-refractivity contribution in [2.45, 2.75) is 51.6 Å². The topological polar surface area (TPSA) is 15.6 Å². The van der Waals surface area contributed by atoms with Crippen LogP contribution in [0.1, 0.15) is 33.6 Å². The van der Waals surface area contributed by atoms with Crippen LogP contribution in [0.15, 0.2) is 16.4 Å². The van der Waals surface area contributed by atoms with E-state index in [2.05, 4.69) is 24.5 Å². The highest BCUT2D eigenvalue weighted by Crippen LogP contribution is 2.40. The van der Waals surface area contributed by atoms with Crippen molar-refractivity contribution in [1.82, 2.24) is 4.90 Å². The maximum absolute atomic E-state index is 13.5. The van der Waals surface area contributed by atoms with Crippen molar-refractivity contribution < 1.29 is 4.39 Å². The third-order valence-corrected chi connectivity index (χ3v) is 3.42. The maximum atomic E-state index is 13.5. The number of hydrogen-bond acceptors (Lipinski definition) is 2. The molecule has 16 heavy (non-hydrogen) atoms. The van der Waals surface area contributed by atoms with E-state index < -0.39 is 5.67 Å². The highest BCUT2D eigenvalue weighted by atomic mass is 19.1. The minimum atomic E-state index is -0.966. The zero-order valence-electron chi connectivity index (χ0n) is 10.9. The van der Waals surface area contributed by atoms with Crippen LogP contribution in [0.3, 0.4) is 0 Å². The maximum Gasteiger partial charge on any atom is 0.112 e. The zero-order chi connectivity index (χ0) is 12.3. The molecular formula is C12H22BFN2. The van der Waals surface area contributed by atoms with E-state index in [1.54, 1.807) is 6.92 Å². The van der Waals surface area contributed by atoms with Gasteiger partial charge in [-0.3, -0.25) is 4.99 Å². The average Bonchev–Trinajstić information content (AvgIpc) is 2.20. The van der Waals surface area contributed by atoms with Crippen molar-refractivity contribution in [2.75, 3.05) is 6.54 Å². The summed E-state index contributed by atoms with van der Waals surface area (Å²) in [6.07, 6.45) is 2.34. The van der Waals surface area contributed by atoms with Crippen LogP contribution in [-0.2, 0) is 0 Å². The lowest BCUT2D eigenvalue weighted by atomic mass is 9.77. The molecule has 0 spiro atoms. The summed E-state index contributed by atoms with van der Waals surface area (Å²) in [7, 11) is 2.14. The molecule has 2 nitrogen and oxygen atoms in total. The standard InChI is InChI=1S/C12H22BFN2/c1-9(15-4)10(2)16(6-5-13)11-7-12(3,14)8-11/h11H,4-8,13H2,1-3H3/b10-9-. The lowest BCUT2D eigenvalue weighted by Crippen LogP contribution is -2.51. The minimum Gasteiger partial charge on any atom is -0.371 e. The summed E-state index contributed by atoms with van der Waals surface area (Å²) in [6, 6.07) is 0.339. The molecule has 0 atom stereocenters. The van der Waals surface area contributed by atoms with Gasteiger partial charge in [-0.2, -0.15) is 0 Å². The molecule has 0 aromatic carbocycles. The monoisotopic (exact) mass is 224 g/mol. The summed E-state index contributed by atoms with van der Waals surface area (Å²) in [5.74, 6) is 0. The first-order chi connectivity index (χ1) is 7.41. The van der Waals surface area contributed by atoms with Crippen LogP contribution in [0.2, 0.25) is 6.32 Å². The molecule has 0 radical (unpaired) electrons. The van der Waals surface area contributed by atoms with E-state index in [1.807, 2.05) is 13.8 Å². The van der Waals surface area contributed by atoms with Crippen molar-refractivity contribution in [3.8, 4) is 0 Å². The van der Waals surface area contributed by atoms with Crippen LogP contribution >= 0.6 is 0 Å². The van der Waals surface area contributed by atoms with E-state index in [9.17, 15) is 4.39 Å². The van der Waals surface area contributed by atoms with E-state index >= 15 is 0 Å². The van der Waals surface area contributed by atoms with Crippen LogP contribution in [0.4, 0.5) is 4.39 Å². The predicted octanol–water partition coefficient (Wildman–Crippen LogP) is 2.18. The number of hydrogen-bond donors (Lipinski definition) is 0. The minimum absolute atomic E-state index is 0.339. The van der Waals surface area contributed by atoms with Gasteiger partial charge in [0, 0.05) is 31.1 Å². The van der Waals surface area contributed by atoms with Crippen molar-refractivity contribution in [1.29, 1.82) is 0 Å². The summed E-state index contributed by atoms with van der Waals surface area (Å²) in [4.78, 5) is 6.25. The fraction of sp³-hybridized carbons (Fsp3) is 0.750. The van der Waals surface area contributed by atoms with E-state index in [1.165, 1.54) is 0 Å². The second-order valence-electron chi connectivity index (χ2n) is 5.00. The molecule has 90 valence electrons. The number of halogens is 1. The summed E-state index contributed by atoms with van der Waals surface area (Å²) >= 11 is 0. The van der Waals surface area contributed by atoms with Gasteiger partial charge in [0.25, 0.3) is 0 Å². The Kier molecular flexibility index (Phi) is 4.17. The van der Waals surface area contributed by atoms with Crippen molar-refractivity contribution >= 4 is 14.6 Å². The molecule has 0 bridgehead atoms. The van der Waals surface area contributed by atoms with Crippen LogP contribution in [0.5, 0.6) is 0 Å². The lowest BCUT2D eigenvalue weighted by Gasteiger charge is -2.47. The van der Waals surface area contributed by atoms with E-state index in [4.69, 9.17) is 0 Å². The van der Waals surface area contributed by atoms with Gasteiger partial charge in [0.15, 0.2) is 0 Å². The zero-order valence-corrected chi connectivity index (χ0v) is 10.9. The molecule has 1 saturated carbocycles. The van der Waals surface area contributed by atoms with Gasteiger partial charge in [0.2, 0.25) is 0 Å². The first-order valence-electron chi connectivity index (χ1n) is 6.01. The largest absolute Gasteiger partial charge is 0.371 e. The molecule has 1 fully saturated rings. The quantitative estimate of drug-likeness (QED) is 0.516. The molecule has 0 aromatic rings. The van der Waals surface area contributed by atoms with Crippen LogP contribution in [0, 0.1) is 0 Å². The lowest BCUT2D eigenvalue weighted by molar-refractivity contribution is -0.000285. The van der Waals surface area contributed by atoms with E-state index in [0.29, 0.717) is 18.9 Å². The molecule has 0 aromatic heterocycles. The van der Waals surface area contributed by atoms with Crippen molar-refractivity contribution in [3.05, 3.63) is 11.4 Å². The van der Waals surface area contributed by atoms with Crippen LogP contribution in [-0.4, -0.2) is 37.7 Å². The highest BCUT2D eigenvalue weighted by molar-refractivity contribution is 6.08. The van der Waals surface area contributed by atoms with Gasteiger partial charge in [-0.15, -0.1) is 0 Å². The average molecular weight is 224 g/mol. The van der Waals surface area contributed by atoms with E-state index in [-0.39, 0.29) is 0 Å². The van der Waals surface area contributed by atoms with Gasteiger partial charge >= 0.3 is 0 Å². The highest BCUT2D eigenvalue weighted by Gasteiger charge is 2.43. The Morgan fingerprint density at radius 2 is 2.12 bits per heavy atom. The summed E-state index contributed by atoms with van der Waals surface area (Å²) < 4.78 is 13.5. The third-order valence-electron chi connectivity index (χ3n) is 3.42. The Bertz CT molecular complexity index is 291. The molecule has 0 unspecified atom stereocenters. The molecule has 0 saturated heterocycles. The normalized spacial score (nSPS) is 30.4. The molecule has 0 aliphatic heterocycles. The number of alkyl halides is 1. The third kappa shape index (κ3) is 2.86. The van der Waals surface area contributed by atoms with Gasteiger partial charge in [-0.05, 0) is 27.5 Å². The number of allylic oxidation sites excluding steroid dienone is 2. The molecule has 0 N–H and O–H groups in total. The Morgan fingerprint density at radius 3 is 2.50 bits per heavy atom. The van der Waals surface area contributed by atoms with Gasteiger partial charge in [-0.1, -0.05) is 6.32 Å². The molecule has 1 rings (SSSR count). The van der Waals surface area contributed by atoms with Crippen molar-refractivity contribution in [3.63, 3.8) is 0 Å². The molecule has 4 heteroatoms.